The number of nitrogens with one attached hydrogen (secondary N) is 1. The number of thioether (sulfide) groups is 1. The Morgan fingerprint density at radius 1 is 1.41 bits per heavy atom. The molecule has 0 aliphatic heterocycles. The number of carbonyl (C=O) groups excluding carboxylic acids is 1. The zero-order valence-electron chi connectivity index (χ0n) is 17.8. The summed E-state index contributed by atoms with van der Waals surface area (Å²) in [7, 11) is 0. The molecule has 3 aromatic rings. The quantitative estimate of drug-likeness (QED) is 0.245. The van der Waals surface area contributed by atoms with Gasteiger partial charge >= 0.3 is 0 Å². The van der Waals surface area contributed by atoms with Gasteiger partial charge in [-0.25, -0.2) is 4.98 Å². The first-order valence-electron chi connectivity index (χ1n) is 10.4. The second-order valence-corrected chi connectivity index (χ2v) is 11.3. The van der Waals surface area contributed by atoms with Crippen molar-refractivity contribution in [2.24, 2.45) is 5.92 Å². The third kappa shape index (κ3) is 4.76. The fourth-order valence-corrected chi connectivity index (χ4v) is 6.73. The monoisotopic (exact) mass is 507 g/mol. The Hall–Kier alpha value is -1.80. The van der Waals surface area contributed by atoms with Gasteiger partial charge in [-0.15, -0.1) is 17.9 Å². The molecule has 1 aromatic carbocycles. The standard InChI is InChI=1S/C23H23Cl2N3O2S2/c1-4-7-28-22(30)19-17-6-5-12(2)8-18(17)32-21(19)27-23(28)31-13(3)20(29)26-16-10-14(24)9-15(25)11-16/h4,9-13H,1,5-8H2,2-3H3,(H,26,29)/t12-,13-/m0/s1. The number of amides is 1. The van der Waals surface area contributed by atoms with Gasteiger partial charge in [0.1, 0.15) is 4.83 Å². The number of hydrogen-bond donors (Lipinski definition) is 1. The minimum Gasteiger partial charge on any atom is -0.325 e. The molecule has 0 saturated carbocycles. The van der Waals surface area contributed by atoms with Crippen molar-refractivity contribution in [3.8, 4) is 0 Å². The van der Waals surface area contributed by atoms with Crippen LogP contribution in [0.5, 0.6) is 0 Å². The van der Waals surface area contributed by atoms with Crippen LogP contribution in [0.4, 0.5) is 5.69 Å². The van der Waals surface area contributed by atoms with Crippen molar-refractivity contribution < 1.29 is 4.79 Å². The predicted molar refractivity (Wildman–Crippen MR) is 136 cm³/mol. The lowest BCUT2D eigenvalue weighted by Gasteiger charge is -2.18. The molecule has 0 fully saturated rings. The number of carbonyl (C=O) groups is 1. The molecule has 0 radical (unpaired) electrons. The van der Waals surface area contributed by atoms with Gasteiger partial charge in [-0.2, -0.15) is 0 Å². The summed E-state index contributed by atoms with van der Waals surface area (Å²) in [6.07, 6.45) is 4.66. The lowest BCUT2D eigenvalue weighted by molar-refractivity contribution is -0.115. The molecule has 0 unspecified atom stereocenters. The van der Waals surface area contributed by atoms with Crippen LogP contribution in [0.1, 0.15) is 30.7 Å². The number of aromatic nitrogens is 2. The number of halogens is 2. The van der Waals surface area contributed by atoms with Crippen LogP contribution in [-0.2, 0) is 24.2 Å². The normalized spacial score (nSPS) is 16.6. The Morgan fingerprint density at radius 3 is 2.81 bits per heavy atom. The van der Waals surface area contributed by atoms with E-state index in [2.05, 4.69) is 18.8 Å². The van der Waals surface area contributed by atoms with E-state index in [0.717, 1.165) is 35.0 Å². The van der Waals surface area contributed by atoms with Gasteiger partial charge in [-0.3, -0.25) is 14.2 Å². The molecule has 9 heteroatoms. The topological polar surface area (TPSA) is 64.0 Å². The molecule has 2 aromatic heterocycles. The molecule has 0 spiro atoms. The van der Waals surface area contributed by atoms with Gasteiger partial charge in [0, 0.05) is 27.2 Å². The van der Waals surface area contributed by atoms with Crippen LogP contribution in [0.3, 0.4) is 0 Å². The number of benzene rings is 1. The molecule has 1 N–H and O–H groups in total. The molecule has 5 nitrogen and oxygen atoms in total. The Balaban J connectivity index is 1.65. The maximum absolute atomic E-state index is 13.4. The number of anilines is 1. The van der Waals surface area contributed by atoms with E-state index in [1.165, 1.54) is 16.6 Å². The molecular formula is C23H23Cl2N3O2S2. The van der Waals surface area contributed by atoms with Crippen LogP contribution in [0, 0.1) is 5.92 Å². The lowest BCUT2D eigenvalue weighted by Crippen LogP contribution is -2.27. The highest BCUT2D eigenvalue weighted by Gasteiger charge is 2.26. The number of hydrogen-bond acceptors (Lipinski definition) is 5. The molecule has 1 amide bonds. The third-order valence-electron chi connectivity index (χ3n) is 5.47. The number of nitrogens with zero attached hydrogens (tertiary/aromatic N) is 2. The van der Waals surface area contributed by atoms with Crippen LogP contribution in [0.25, 0.3) is 10.2 Å². The van der Waals surface area contributed by atoms with Crippen molar-refractivity contribution in [1.82, 2.24) is 9.55 Å². The highest BCUT2D eigenvalue weighted by atomic mass is 35.5. The highest BCUT2D eigenvalue weighted by molar-refractivity contribution is 8.00. The molecule has 1 aliphatic rings. The van der Waals surface area contributed by atoms with Crippen LogP contribution < -0.4 is 10.9 Å². The van der Waals surface area contributed by atoms with E-state index in [-0.39, 0.29) is 11.5 Å². The second kappa shape index (κ2) is 9.59. The Labute approximate surface area is 204 Å². The van der Waals surface area contributed by atoms with Crippen LogP contribution >= 0.6 is 46.3 Å². The van der Waals surface area contributed by atoms with E-state index in [9.17, 15) is 9.59 Å². The van der Waals surface area contributed by atoms with Crippen molar-refractivity contribution in [3.05, 3.63) is 61.7 Å². The average molecular weight is 508 g/mol. The predicted octanol–water partition coefficient (Wildman–Crippen LogP) is 6.19. The molecule has 2 heterocycles. The first kappa shape index (κ1) is 23.4. The summed E-state index contributed by atoms with van der Waals surface area (Å²) in [4.78, 5) is 33.0. The smallest absolute Gasteiger partial charge is 0.263 e. The summed E-state index contributed by atoms with van der Waals surface area (Å²) in [5.74, 6) is 0.385. The van der Waals surface area contributed by atoms with Crippen molar-refractivity contribution in [3.63, 3.8) is 0 Å². The Kier molecular flexibility index (Phi) is 7.00. The maximum Gasteiger partial charge on any atom is 0.263 e. The second-order valence-electron chi connectivity index (χ2n) is 8.04. The third-order valence-corrected chi connectivity index (χ3v) is 8.15. The number of allylic oxidation sites excluding steroid dienone is 1. The fraction of sp³-hybridized carbons (Fsp3) is 0.348. The van der Waals surface area contributed by atoms with Gasteiger partial charge < -0.3 is 5.32 Å². The van der Waals surface area contributed by atoms with Crippen LogP contribution in [-0.4, -0.2) is 20.7 Å². The summed E-state index contributed by atoms with van der Waals surface area (Å²) in [5, 5.41) is 4.46. The van der Waals surface area contributed by atoms with Crippen molar-refractivity contribution in [1.29, 1.82) is 0 Å². The molecule has 0 bridgehead atoms. The van der Waals surface area contributed by atoms with Gasteiger partial charge in [0.2, 0.25) is 5.91 Å². The van der Waals surface area contributed by atoms with E-state index in [1.54, 1.807) is 47.1 Å². The SMILES string of the molecule is C=CCn1c(S[C@@H](C)C(=O)Nc2cc(Cl)cc(Cl)c2)nc2sc3c(c2c1=O)CC[C@H](C)C3. The molecule has 4 rings (SSSR count). The minimum absolute atomic E-state index is 0.0568. The van der Waals surface area contributed by atoms with Crippen molar-refractivity contribution in [2.75, 3.05) is 5.32 Å². The van der Waals surface area contributed by atoms with Crippen molar-refractivity contribution >= 4 is 68.1 Å². The van der Waals surface area contributed by atoms with Crippen LogP contribution in [0.2, 0.25) is 10.0 Å². The molecule has 1 aliphatic carbocycles. The molecular weight excluding hydrogens is 485 g/mol. The summed E-state index contributed by atoms with van der Waals surface area (Å²) in [6.45, 7) is 8.15. The van der Waals surface area contributed by atoms with Crippen LogP contribution in [0.15, 0.2) is 40.8 Å². The highest BCUT2D eigenvalue weighted by Crippen LogP contribution is 2.37. The summed E-state index contributed by atoms with van der Waals surface area (Å²) < 4.78 is 1.62. The zero-order valence-corrected chi connectivity index (χ0v) is 20.9. The van der Waals surface area contributed by atoms with E-state index < -0.39 is 5.25 Å². The molecule has 168 valence electrons. The van der Waals surface area contributed by atoms with Gasteiger partial charge in [0.15, 0.2) is 5.16 Å². The summed E-state index contributed by atoms with van der Waals surface area (Å²) >= 11 is 14.9. The first-order valence-corrected chi connectivity index (χ1v) is 12.8. The van der Waals surface area contributed by atoms with Crippen molar-refractivity contribution in [2.45, 2.75) is 50.1 Å². The Morgan fingerprint density at radius 2 is 2.12 bits per heavy atom. The lowest BCUT2D eigenvalue weighted by atomic mass is 9.89. The van der Waals surface area contributed by atoms with Gasteiger partial charge in [0.25, 0.3) is 5.56 Å². The van der Waals surface area contributed by atoms with Gasteiger partial charge in [0.05, 0.1) is 10.6 Å². The van der Waals surface area contributed by atoms with E-state index in [1.807, 2.05) is 0 Å². The van der Waals surface area contributed by atoms with E-state index >= 15 is 0 Å². The largest absolute Gasteiger partial charge is 0.325 e. The molecule has 0 saturated heterocycles. The summed E-state index contributed by atoms with van der Waals surface area (Å²) in [6, 6.07) is 4.88. The van der Waals surface area contributed by atoms with E-state index in [4.69, 9.17) is 28.2 Å². The number of rotatable bonds is 6. The number of thiophene rings is 1. The first-order chi connectivity index (χ1) is 15.3. The van der Waals surface area contributed by atoms with E-state index in [0.29, 0.717) is 33.4 Å². The number of fused-ring (bicyclic) bond motifs is 3. The average Bonchev–Trinajstić information content (AvgIpc) is 3.07. The fourth-order valence-electron chi connectivity index (χ4n) is 3.87. The molecule has 32 heavy (non-hydrogen) atoms. The van der Waals surface area contributed by atoms with Gasteiger partial charge in [-0.1, -0.05) is 48.0 Å². The van der Waals surface area contributed by atoms with Gasteiger partial charge in [-0.05, 0) is 55.9 Å². The summed E-state index contributed by atoms with van der Waals surface area (Å²) in [5.41, 5.74) is 1.61. The Bertz CT molecular complexity index is 1250. The zero-order chi connectivity index (χ0) is 23.0. The maximum atomic E-state index is 13.4. The minimum atomic E-state index is -0.497. The molecule has 2 atom stereocenters. The number of aryl methyl sites for hydroxylation is 1.